The number of hydrogen-bond donors (Lipinski definition) is 0. The van der Waals surface area contributed by atoms with Crippen LogP contribution in [0.4, 0.5) is 5.69 Å². The number of carbonyl (C=O) groups excluding carboxylic acids is 1. The highest BCUT2D eigenvalue weighted by molar-refractivity contribution is 5.98. The van der Waals surface area contributed by atoms with E-state index in [1.807, 2.05) is 0 Å². The number of ketones is 1. The average molecular weight is 233 g/mol. The molecule has 0 saturated heterocycles. The second-order valence-corrected chi connectivity index (χ2v) is 4.05. The van der Waals surface area contributed by atoms with Crippen molar-refractivity contribution < 1.29 is 9.72 Å². The van der Waals surface area contributed by atoms with Crippen LogP contribution in [0.5, 0.6) is 0 Å². The number of hydrogen-bond acceptors (Lipinski definition) is 3. The Morgan fingerprint density at radius 1 is 1.41 bits per heavy atom. The molecule has 0 aliphatic rings. The van der Waals surface area contributed by atoms with Crippen LogP contribution in [0.1, 0.15) is 36.7 Å². The predicted molar refractivity (Wildman–Crippen MR) is 67.0 cm³/mol. The van der Waals surface area contributed by atoms with E-state index in [2.05, 4.69) is 0 Å². The number of nitro groups is 1. The molecule has 0 amide bonds. The molecule has 0 radical (unpaired) electrons. The summed E-state index contributed by atoms with van der Waals surface area (Å²) in [5, 5.41) is 10.9. The van der Waals surface area contributed by atoms with Crippen molar-refractivity contribution >= 4 is 17.5 Å². The summed E-state index contributed by atoms with van der Waals surface area (Å²) in [5.74, 6) is -0.248. The number of nitrogens with zero attached hydrogens (tertiary/aromatic N) is 1. The van der Waals surface area contributed by atoms with E-state index in [4.69, 9.17) is 0 Å². The Labute approximate surface area is 100 Å². The van der Waals surface area contributed by atoms with Crippen LogP contribution in [-0.4, -0.2) is 10.7 Å². The van der Waals surface area contributed by atoms with E-state index < -0.39 is 4.92 Å². The lowest BCUT2D eigenvalue weighted by Gasteiger charge is -2.05. The van der Waals surface area contributed by atoms with Gasteiger partial charge in [-0.2, -0.15) is 0 Å². The number of rotatable bonds is 4. The fourth-order valence-corrected chi connectivity index (χ4v) is 1.51. The van der Waals surface area contributed by atoms with Gasteiger partial charge in [0.15, 0.2) is 5.78 Å². The molecule has 0 heterocycles. The second-order valence-electron chi connectivity index (χ2n) is 4.05. The molecule has 4 nitrogen and oxygen atoms in total. The van der Waals surface area contributed by atoms with Gasteiger partial charge in [-0.3, -0.25) is 14.9 Å². The smallest absolute Gasteiger partial charge is 0.277 e. The number of benzene rings is 1. The van der Waals surface area contributed by atoms with Crippen LogP contribution in [-0.2, 0) is 0 Å². The molecule has 0 fully saturated rings. The topological polar surface area (TPSA) is 60.2 Å². The molecule has 17 heavy (non-hydrogen) atoms. The average Bonchev–Trinajstić information content (AvgIpc) is 2.28. The van der Waals surface area contributed by atoms with Crippen molar-refractivity contribution in [3.63, 3.8) is 0 Å². The first-order chi connectivity index (χ1) is 7.97. The quantitative estimate of drug-likeness (QED) is 0.454. The number of allylic oxidation sites excluding steroid dienone is 1. The molecular weight excluding hydrogens is 218 g/mol. The molecule has 0 aromatic heterocycles. The molecule has 0 saturated carbocycles. The summed E-state index contributed by atoms with van der Waals surface area (Å²) >= 11 is 0. The van der Waals surface area contributed by atoms with Crippen LogP contribution >= 0.6 is 0 Å². The molecule has 0 spiro atoms. The summed E-state index contributed by atoms with van der Waals surface area (Å²) in [4.78, 5) is 22.2. The Balaban J connectivity index is 3.28. The molecule has 0 aliphatic carbocycles. The third kappa shape index (κ3) is 3.00. The molecule has 0 atom stereocenters. The van der Waals surface area contributed by atoms with Crippen molar-refractivity contribution in [2.45, 2.75) is 20.8 Å². The lowest BCUT2D eigenvalue weighted by atomic mass is 9.99. The van der Waals surface area contributed by atoms with Crippen LogP contribution < -0.4 is 0 Å². The molecule has 0 bridgehead atoms. The van der Waals surface area contributed by atoms with Crippen molar-refractivity contribution in [2.75, 3.05) is 0 Å². The van der Waals surface area contributed by atoms with Gasteiger partial charge < -0.3 is 0 Å². The van der Waals surface area contributed by atoms with Crippen LogP contribution in [0.3, 0.4) is 0 Å². The molecule has 0 N–H and O–H groups in total. The van der Waals surface area contributed by atoms with Gasteiger partial charge in [-0.1, -0.05) is 32.1 Å². The molecule has 1 rings (SSSR count). The number of nitro benzene ring substituents is 1. The summed E-state index contributed by atoms with van der Waals surface area (Å²) in [6.07, 6.45) is 3.38. The lowest BCUT2D eigenvalue weighted by Crippen LogP contribution is -2.08. The van der Waals surface area contributed by atoms with Crippen LogP contribution in [0.2, 0.25) is 0 Å². The van der Waals surface area contributed by atoms with Gasteiger partial charge in [0.2, 0.25) is 0 Å². The van der Waals surface area contributed by atoms with Crippen molar-refractivity contribution in [3.8, 4) is 0 Å². The fourth-order valence-electron chi connectivity index (χ4n) is 1.51. The molecule has 90 valence electrons. The molecule has 0 aliphatic heterocycles. The van der Waals surface area contributed by atoms with Gasteiger partial charge in [0, 0.05) is 17.5 Å². The Hall–Kier alpha value is -1.97. The normalized spacial score (nSPS) is 11.1. The van der Waals surface area contributed by atoms with Gasteiger partial charge in [-0.05, 0) is 13.0 Å². The van der Waals surface area contributed by atoms with E-state index in [9.17, 15) is 14.9 Å². The van der Waals surface area contributed by atoms with Crippen LogP contribution in [0, 0.1) is 16.0 Å². The first-order valence-corrected chi connectivity index (χ1v) is 5.42. The zero-order valence-corrected chi connectivity index (χ0v) is 10.1. The molecule has 1 aromatic rings. The third-order valence-corrected chi connectivity index (χ3v) is 2.38. The molecule has 1 aromatic carbocycles. The van der Waals surface area contributed by atoms with Gasteiger partial charge in [0.1, 0.15) is 0 Å². The van der Waals surface area contributed by atoms with Crippen LogP contribution in [0.25, 0.3) is 6.08 Å². The van der Waals surface area contributed by atoms with Crippen molar-refractivity contribution in [1.29, 1.82) is 0 Å². The van der Waals surface area contributed by atoms with Gasteiger partial charge in [-0.15, -0.1) is 0 Å². The zero-order chi connectivity index (χ0) is 13.0. The van der Waals surface area contributed by atoms with E-state index in [-0.39, 0.29) is 17.4 Å². The molecule has 4 heteroatoms. The highest BCUT2D eigenvalue weighted by Gasteiger charge is 2.17. The zero-order valence-electron chi connectivity index (χ0n) is 10.1. The Kier molecular flexibility index (Phi) is 4.15. The Morgan fingerprint density at radius 3 is 2.53 bits per heavy atom. The minimum absolute atomic E-state index is 0.0328. The van der Waals surface area contributed by atoms with Gasteiger partial charge in [0.25, 0.3) is 5.69 Å². The monoisotopic (exact) mass is 233 g/mol. The van der Waals surface area contributed by atoms with Gasteiger partial charge in [0.05, 0.1) is 10.5 Å². The summed E-state index contributed by atoms with van der Waals surface area (Å²) in [5.41, 5.74) is 0.868. The van der Waals surface area contributed by atoms with E-state index in [1.54, 1.807) is 45.1 Å². The van der Waals surface area contributed by atoms with Crippen molar-refractivity contribution in [2.24, 2.45) is 5.92 Å². The summed E-state index contributed by atoms with van der Waals surface area (Å²) in [7, 11) is 0. The summed E-state index contributed by atoms with van der Waals surface area (Å²) < 4.78 is 0. The predicted octanol–water partition coefficient (Wildman–Crippen LogP) is 3.47. The van der Waals surface area contributed by atoms with Crippen molar-refractivity contribution in [3.05, 3.63) is 45.5 Å². The minimum Gasteiger partial charge on any atom is -0.294 e. The first kappa shape index (κ1) is 13.1. The van der Waals surface area contributed by atoms with E-state index in [0.29, 0.717) is 11.1 Å². The summed E-state index contributed by atoms with van der Waals surface area (Å²) in [6, 6.07) is 4.58. The van der Waals surface area contributed by atoms with Crippen LogP contribution in [0.15, 0.2) is 24.3 Å². The van der Waals surface area contributed by atoms with E-state index in [0.717, 1.165) is 0 Å². The van der Waals surface area contributed by atoms with E-state index in [1.165, 1.54) is 6.07 Å². The van der Waals surface area contributed by atoms with Gasteiger partial charge in [-0.25, -0.2) is 0 Å². The highest BCUT2D eigenvalue weighted by atomic mass is 16.6. The maximum absolute atomic E-state index is 11.7. The standard InChI is InChI=1S/C13H15NO3/c1-4-5-10-6-7-11(13(15)9(2)3)8-12(10)14(16)17/h4-9H,1-3H3/b5-4+. The van der Waals surface area contributed by atoms with Crippen molar-refractivity contribution in [1.82, 2.24) is 0 Å². The minimum atomic E-state index is -0.466. The molecule has 0 unspecified atom stereocenters. The third-order valence-electron chi connectivity index (χ3n) is 2.38. The SMILES string of the molecule is C/C=C/c1ccc(C(=O)C(C)C)cc1[N+](=O)[O-]. The van der Waals surface area contributed by atoms with E-state index >= 15 is 0 Å². The Bertz CT molecular complexity index is 476. The highest BCUT2D eigenvalue weighted by Crippen LogP contribution is 2.23. The lowest BCUT2D eigenvalue weighted by molar-refractivity contribution is -0.385. The number of carbonyl (C=O) groups is 1. The fraction of sp³-hybridized carbons (Fsp3) is 0.308. The van der Waals surface area contributed by atoms with Gasteiger partial charge >= 0.3 is 0 Å². The largest absolute Gasteiger partial charge is 0.294 e. The maximum Gasteiger partial charge on any atom is 0.277 e. The second kappa shape index (κ2) is 5.39. The Morgan fingerprint density at radius 2 is 2.06 bits per heavy atom. The molecular formula is C13H15NO3. The maximum atomic E-state index is 11.7. The number of Topliss-reactive ketones (excluding diaryl/α,β-unsaturated/α-hetero) is 1. The first-order valence-electron chi connectivity index (χ1n) is 5.42. The summed E-state index contributed by atoms with van der Waals surface area (Å²) in [6.45, 7) is 5.33.